The van der Waals surface area contributed by atoms with Crippen LogP contribution in [0.1, 0.15) is 30.2 Å². The van der Waals surface area contributed by atoms with Gasteiger partial charge in [0, 0.05) is 27.8 Å². The summed E-state index contributed by atoms with van der Waals surface area (Å²) >= 11 is 7.62. The molecule has 3 aromatic rings. The third-order valence-electron chi connectivity index (χ3n) is 6.06. The van der Waals surface area contributed by atoms with Crippen molar-refractivity contribution in [1.29, 1.82) is 0 Å². The number of hydrogen-bond donors (Lipinski definition) is 1. The number of aryl methyl sites for hydroxylation is 1. The average Bonchev–Trinajstić information content (AvgIpc) is 3.08. The largest absolute Gasteiger partial charge is 0.494 e. The van der Waals surface area contributed by atoms with Gasteiger partial charge < -0.3 is 10.1 Å². The minimum atomic E-state index is -0.471. The number of benzene rings is 1. The Morgan fingerprint density at radius 1 is 1.38 bits per heavy atom. The highest BCUT2D eigenvalue weighted by Crippen LogP contribution is 2.47. The number of methoxy groups -OCH3 is 1. The predicted octanol–water partition coefficient (Wildman–Crippen LogP) is 3.47. The summed E-state index contributed by atoms with van der Waals surface area (Å²) in [6.07, 6.45) is 6.35. The van der Waals surface area contributed by atoms with Gasteiger partial charge in [0.1, 0.15) is 22.7 Å². The Labute approximate surface area is 176 Å². The number of anilines is 2. The standard InChI is InChI=1S/C21H19ClN4O2S/c1-3-21(20(22)27)5-4-12-16(8-21)29-19-17(12)18(24-10-25-19)26-14-6-11-9-23-13(11)7-15(14)28-2/h6-7,9-10H,3-5,8H2,1-2H3,(H,24,25,26). The van der Waals surface area contributed by atoms with Gasteiger partial charge >= 0.3 is 0 Å². The molecule has 0 saturated carbocycles. The van der Waals surface area contributed by atoms with E-state index in [1.165, 1.54) is 10.4 Å². The van der Waals surface area contributed by atoms with Crippen LogP contribution in [0.4, 0.5) is 11.5 Å². The molecule has 0 fully saturated rings. The molecule has 8 heteroatoms. The minimum Gasteiger partial charge on any atom is -0.494 e. The highest BCUT2D eigenvalue weighted by molar-refractivity contribution is 7.19. The second-order valence-electron chi connectivity index (χ2n) is 7.49. The third kappa shape index (κ3) is 2.83. The summed E-state index contributed by atoms with van der Waals surface area (Å²) in [5.74, 6) is 1.47. The molecule has 5 rings (SSSR count). The van der Waals surface area contributed by atoms with Crippen molar-refractivity contribution in [2.24, 2.45) is 10.4 Å². The lowest BCUT2D eigenvalue weighted by atomic mass is 9.73. The molecule has 2 aliphatic rings. The average molecular weight is 427 g/mol. The molecule has 1 unspecified atom stereocenters. The van der Waals surface area contributed by atoms with Crippen LogP contribution in [0.15, 0.2) is 23.5 Å². The fourth-order valence-electron chi connectivity index (χ4n) is 4.18. The molecule has 0 bridgehead atoms. The van der Waals surface area contributed by atoms with Gasteiger partial charge in [0.15, 0.2) is 0 Å². The molecule has 0 spiro atoms. The van der Waals surface area contributed by atoms with Gasteiger partial charge in [0.25, 0.3) is 0 Å². The number of thiophene rings is 1. The van der Waals surface area contributed by atoms with Gasteiger partial charge in [-0.05, 0) is 48.9 Å². The molecular formula is C21H19ClN4O2S. The number of hydrogen-bond acceptors (Lipinski definition) is 7. The van der Waals surface area contributed by atoms with Crippen LogP contribution in [0.25, 0.3) is 16.4 Å². The van der Waals surface area contributed by atoms with Gasteiger partial charge in [-0.1, -0.05) is 6.92 Å². The molecule has 148 valence electrons. The number of aromatic nitrogens is 2. The van der Waals surface area contributed by atoms with Crippen LogP contribution in [0.5, 0.6) is 5.75 Å². The fourth-order valence-corrected chi connectivity index (χ4v) is 5.80. The van der Waals surface area contributed by atoms with Crippen LogP contribution < -0.4 is 20.6 Å². The second-order valence-corrected chi connectivity index (χ2v) is 8.91. The first kappa shape index (κ1) is 18.5. The van der Waals surface area contributed by atoms with Crippen molar-refractivity contribution in [2.75, 3.05) is 12.4 Å². The van der Waals surface area contributed by atoms with Gasteiger partial charge in [-0.25, -0.2) is 9.97 Å². The number of carbonyl (C=O) groups excluding carboxylic acids is 1. The van der Waals surface area contributed by atoms with Crippen LogP contribution >= 0.6 is 22.9 Å². The van der Waals surface area contributed by atoms with Gasteiger partial charge in [0.05, 0.1) is 23.5 Å². The summed E-state index contributed by atoms with van der Waals surface area (Å²) in [7, 11) is 1.64. The van der Waals surface area contributed by atoms with E-state index in [4.69, 9.17) is 16.3 Å². The first-order valence-electron chi connectivity index (χ1n) is 9.53. The van der Waals surface area contributed by atoms with E-state index in [9.17, 15) is 4.79 Å². The van der Waals surface area contributed by atoms with E-state index in [1.54, 1.807) is 24.8 Å². The molecule has 2 aromatic heterocycles. The molecule has 1 N–H and O–H groups in total. The molecule has 1 aromatic carbocycles. The third-order valence-corrected chi connectivity index (χ3v) is 7.60. The predicted molar refractivity (Wildman–Crippen MR) is 115 cm³/mol. The highest BCUT2D eigenvalue weighted by atomic mass is 35.5. The summed E-state index contributed by atoms with van der Waals surface area (Å²) in [5, 5.41) is 6.22. The van der Waals surface area contributed by atoms with Gasteiger partial charge in [-0.3, -0.25) is 9.79 Å². The van der Waals surface area contributed by atoms with Gasteiger partial charge in [0.2, 0.25) is 5.24 Å². The summed E-state index contributed by atoms with van der Waals surface area (Å²) < 4.78 is 5.53. The van der Waals surface area contributed by atoms with Crippen molar-refractivity contribution >= 4 is 56.1 Å². The van der Waals surface area contributed by atoms with Crippen LogP contribution in [0, 0.1) is 5.41 Å². The Morgan fingerprint density at radius 3 is 2.93 bits per heavy atom. The number of nitrogens with one attached hydrogen (secondary N) is 1. The monoisotopic (exact) mass is 426 g/mol. The van der Waals surface area contributed by atoms with E-state index in [1.807, 2.05) is 25.3 Å². The summed E-state index contributed by atoms with van der Waals surface area (Å²) in [4.78, 5) is 27.5. The molecule has 0 amide bonds. The number of nitrogens with zero attached hydrogens (tertiary/aromatic N) is 3. The first-order chi connectivity index (χ1) is 14.0. The maximum Gasteiger partial charge on any atom is 0.228 e. The summed E-state index contributed by atoms with van der Waals surface area (Å²) in [6.45, 7) is 2.03. The normalized spacial score (nSPS) is 19.4. The lowest BCUT2D eigenvalue weighted by molar-refractivity contribution is -0.121. The van der Waals surface area contributed by atoms with Crippen LogP contribution in [0.3, 0.4) is 0 Å². The molecular weight excluding hydrogens is 408 g/mol. The molecule has 1 atom stereocenters. The number of rotatable bonds is 5. The molecule has 1 aliphatic carbocycles. The van der Waals surface area contributed by atoms with E-state index in [2.05, 4.69) is 20.3 Å². The van der Waals surface area contributed by atoms with Crippen LogP contribution in [-0.2, 0) is 17.6 Å². The molecule has 1 aliphatic heterocycles. The van der Waals surface area contributed by atoms with Crippen molar-refractivity contribution in [1.82, 2.24) is 9.97 Å². The Kier molecular flexibility index (Phi) is 4.33. The number of carbonyl (C=O) groups is 1. The highest BCUT2D eigenvalue weighted by Gasteiger charge is 2.40. The van der Waals surface area contributed by atoms with Crippen molar-refractivity contribution in [3.8, 4) is 5.75 Å². The molecule has 6 nitrogen and oxygen atoms in total. The first-order valence-corrected chi connectivity index (χ1v) is 10.7. The summed E-state index contributed by atoms with van der Waals surface area (Å²) in [5.41, 5.74) is 1.59. The van der Waals surface area contributed by atoms with Crippen molar-refractivity contribution in [3.05, 3.63) is 39.5 Å². The smallest absolute Gasteiger partial charge is 0.228 e. The molecule has 0 radical (unpaired) electrons. The quantitative estimate of drug-likeness (QED) is 0.632. The lowest BCUT2D eigenvalue weighted by Crippen LogP contribution is -2.33. The zero-order chi connectivity index (χ0) is 20.2. The van der Waals surface area contributed by atoms with Crippen LogP contribution in [-0.4, -0.2) is 22.3 Å². The molecule has 29 heavy (non-hydrogen) atoms. The topological polar surface area (TPSA) is 76.5 Å². The van der Waals surface area contributed by atoms with Gasteiger partial charge in [-0.2, -0.15) is 0 Å². The number of ether oxygens (including phenoxy) is 1. The molecule has 0 saturated heterocycles. The lowest BCUT2D eigenvalue weighted by Gasteiger charge is -2.32. The zero-order valence-corrected chi connectivity index (χ0v) is 17.7. The Hall–Kier alpha value is -2.51. The minimum absolute atomic E-state index is 0.235. The Balaban J connectivity index is 1.60. The second kappa shape index (κ2) is 6.78. The van der Waals surface area contributed by atoms with Crippen molar-refractivity contribution in [3.63, 3.8) is 0 Å². The van der Waals surface area contributed by atoms with E-state index < -0.39 is 5.41 Å². The fraction of sp³-hybridized carbons (Fsp3) is 0.333. The van der Waals surface area contributed by atoms with E-state index in [-0.39, 0.29) is 5.24 Å². The van der Waals surface area contributed by atoms with Crippen molar-refractivity contribution in [2.45, 2.75) is 32.6 Å². The summed E-state index contributed by atoms with van der Waals surface area (Å²) in [6, 6.07) is 3.93. The Bertz CT molecular complexity index is 1290. The maximum absolute atomic E-state index is 12.1. The zero-order valence-electron chi connectivity index (χ0n) is 16.1. The van der Waals surface area contributed by atoms with Crippen LogP contribution in [0.2, 0.25) is 0 Å². The molecule has 3 heterocycles. The van der Waals surface area contributed by atoms with E-state index >= 15 is 0 Å². The van der Waals surface area contributed by atoms with Gasteiger partial charge in [-0.15, -0.1) is 11.3 Å². The van der Waals surface area contributed by atoms with E-state index in [0.29, 0.717) is 12.2 Å². The van der Waals surface area contributed by atoms with Crippen molar-refractivity contribution < 1.29 is 9.53 Å². The number of fused-ring (bicyclic) bond motifs is 4. The van der Waals surface area contributed by atoms with E-state index in [0.717, 1.165) is 51.6 Å². The number of halogens is 1. The SMILES string of the molecule is CCC1(C(=O)Cl)CCc2c(sc3ncnc(Nc4cc5c(cc4OC)=NC=5)c23)C1. The Morgan fingerprint density at radius 2 is 2.24 bits per heavy atom. The maximum atomic E-state index is 12.1.